The normalized spacial score (nSPS) is 19.6. The molecule has 1 saturated heterocycles. The van der Waals surface area contributed by atoms with E-state index in [0.29, 0.717) is 13.0 Å². The summed E-state index contributed by atoms with van der Waals surface area (Å²) in [5, 5.41) is 2.60. The van der Waals surface area contributed by atoms with Gasteiger partial charge in [0.15, 0.2) is 0 Å². The lowest BCUT2D eigenvalue weighted by Crippen LogP contribution is -2.36. The molecule has 17 heavy (non-hydrogen) atoms. The number of carbonyl (C=O) groups excluding carboxylic acids is 2. The molecule has 1 aliphatic rings. The van der Waals surface area contributed by atoms with Crippen LogP contribution in [0.4, 0.5) is 0 Å². The van der Waals surface area contributed by atoms with Crippen molar-refractivity contribution >= 4 is 18.0 Å². The van der Waals surface area contributed by atoms with Gasteiger partial charge in [-0.05, 0) is 18.2 Å². The number of rotatable bonds is 3. The van der Waals surface area contributed by atoms with Crippen molar-refractivity contribution in [2.45, 2.75) is 12.5 Å². The largest absolute Gasteiger partial charge is 0.464 e. The van der Waals surface area contributed by atoms with Crippen LogP contribution in [-0.4, -0.2) is 29.1 Å². The second kappa shape index (κ2) is 4.86. The van der Waals surface area contributed by atoms with Crippen LogP contribution >= 0.6 is 0 Å². The predicted molar refractivity (Wildman–Crippen MR) is 62.0 cm³/mol. The Balaban J connectivity index is 1.91. The van der Waals surface area contributed by atoms with Gasteiger partial charge < -0.3 is 14.6 Å². The van der Waals surface area contributed by atoms with Crippen LogP contribution in [0.5, 0.6) is 0 Å². The van der Waals surface area contributed by atoms with Crippen molar-refractivity contribution in [1.29, 1.82) is 0 Å². The molecule has 0 aliphatic carbocycles. The van der Waals surface area contributed by atoms with Gasteiger partial charge in [0.2, 0.25) is 5.91 Å². The molecule has 5 nitrogen and oxygen atoms in total. The monoisotopic (exact) mass is 234 g/mol. The van der Waals surface area contributed by atoms with Crippen LogP contribution in [0.1, 0.15) is 12.1 Å². The van der Waals surface area contributed by atoms with Gasteiger partial charge in [-0.1, -0.05) is 0 Å². The van der Waals surface area contributed by atoms with Crippen molar-refractivity contribution < 1.29 is 14.3 Å². The Labute approximate surface area is 99.1 Å². The van der Waals surface area contributed by atoms with Crippen LogP contribution in [0.15, 0.2) is 24.4 Å². The maximum Gasteiger partial charge on any atom is 0.328 e. The lowest BCUT2D eigenvalue weighted by atomic mass is 10.2. The van der Waals surface area contributed by atoms with Crippen LogP contribution in [0.25, 0.3) is 6.08 Å². The average molecular weight is 234 g/mol. The second-order valence-electron chi connectivity index (χ2n) is 3.89. The van der Waals surface area contributed by atoms with Gasteiger partial charge in [-0.3, -0.25) is 4.79 Å². The summed E-state index contributed by atoms with van der Waals surface area (Å²) in [5.41, 5.74) is 0.925. The standard InChI is InChI=1S/C12H14N2O3/c1-14-7-2-3-9(14)4-5-11(15)13-10-6-8-17-12(10)16/h2-5,7,10H,6,8H2,1H3,(H,13,15)/b5-4+/t10-/m0/s1. The molecule has 2 rings (SSSR count). The van der Waals surface area contributed by atoms with E-state index in [1.807, 2.05) is 29.9 Å². The molecule has 90 valence electrons. The minimum atomic E-state index is -0.499. The van der Waals surface area contributed by atoms with Gasteiger partial charge in [0.05, 0.1) is 6.61 Å². The van der Waals surface area contributed by atoms with Gasteiger partial charge in [-0.25, -0.2) is 4.79 Å². The molecule has 5 heteroatoms. The third-order valence-corrected chi connectivity index (χ3v) is 2.64. The van der Waals surface area contributed by atoms with Crippen LogP contribution < -0.4 is 5.32 Å². The molecule has 0 aromatic carbocycles. The lowest BCUT2D eigenvalue weighted by molar-refractivity contribution is -0.140. The zero-order chi connectivity index (χ0) is 12.3. The molecule has 1 aromatic rings. The molecule has 0 unspecified atom stereocenters. The zero-order valence-corrected chi connectivity index (χ0v) is 9.55. The predicted octanol–water partition coefficient (Wildman–Crippen LogP) is 0.470. The summed E-state index contributed by atoms with van der Waals surface area (Å²) in [7, 11) is 1.89. The van der Waals surface area contributed by atoms with Crippen molar-refractivity contribution in [2.24, 2.45) is 7.05 Å². The summed E-state index contributed by atoms with van der Waals surface area (Å²) < 4.78 is 6.65. The number of esters is 1. The van der Waals surface area contributed by atoms with E-state index in [9.17, 15) is 9.59 Å². The molecule has 0 bridgehead atoms. The molecule has 0 spiro atoms. The molecule has 1 N–H and O–H groups in total. The van der Waals surface area contributed by atoms with Gasteiger partial charge in [0.1, 0.15) is 6.04 Å². The van der Waals surface area contributed by atoms with Gasteiger partial charge in [-0.15, -0.1) is 0 Å². The zero-order valence-electron chi connectivity index (χ0n) is 9.55. The van der Waals surface area contributed by atoms with Crippen molar-refractivity contribution in [1.82, 2.24) is 9.88 Å². The number of cyclic esters (lactones) is 1. The third-order valence-electron chi connectivity index (χ3n) is 2.64. The summed E-state index contributed by atoms with van der Waals surface area (Å²) in [6, 6.07) is 3.29. The van der Waals surface area contributed by atoms with E-state index in [4.69, 9.17) is 4.74 Å². The Bertz CT molecular complexity index is 462. The minimum absolute atomic E-state index is 0.282. The molecule has 0 saturated carbocycles. The number of aryl methyl sites for hydroxylation is 1. The maximum absolute atomic E-state index is 11.5. The molecule has 1 aliphatic heterocycles. The Kier molecular flexibility index (Phi) is 3.27. The highest BCUT2D eigenvalue weighted by Crippen LogP contribution is 2.06. The highest BCUT2D eigenvalue weighted by atomic mass is 16.5. The van der Waals surface area contributed by atoms with Crippen LogP contribution in [0.2, 0.25) is 0 Å². The van der Waals surface area contributed by atoms with E-state index in [1.54, 1.807) is 6.08 Å². The first kappa shape index (κ1) is 11.4. The molecule has 1 aromatic heterocycles. The number of amides is 1. The fourth-order valence-electron chi connectivity index (χ4n) is 1.66. The van der Waals surface area contributed by atoms with Gasteiger partial charge in [0, 0.05) is 31.4 Å². The average Bonchev–Trinajstić information content (AvgIpc) is 2.86. The summed E-state index contributed by atoms with van der Waals surface area (Å²) in [4.78, 5) is 22.7. The number of ether oxygens (including phenoxy) is 1. The highest BCUT2D eigenvalue weighted by Gasteiger charge is 2.27. The smallest absolute Gasteiger partial charge is 0.328 e. The fraction of sp³-hybridized carbons (Fsp3) is 0.333. The molecular weight excluding hydrogens is 220 g/mol. The van der Waals surface area contributed by atoms with E-state index in [-0.39, 0.29) is 11.9 Å². The van der Waals surface area contributed by atoms with Gasteiger partial charge >= 0.3 is 5.97 Å². The van der Waals surface area contributed by atoms with E-state index < -0.39 is 6.04 Å². The Hall–Kier alpha value is -2.04. The summed E-state index contributed by atoms with van der Waals surface area (Å²) in [6.07, 6.45) is 5.56. The summed E-state index contributed by atoms with van der Waals surface area (Å²) in [6.45, 7) is 0.380. The summed E-state index contributed by atoms with van der Waals surface area (Å²) in [5.74, 6) is -0.638. The summed E-state index contributed by atoms with van der Waals surface area (Å²) >= 11 is 0. The number of carbonyl (C=O) groups is 2. The lowest BCUT2D eigenvalue weighted by Gasteiger charge is -2.05. The van der Waals surface area contributed by atoms with Crippen molar-refractivity contribution in [3.8, 4) is 0 Å². The van der Waals surface area contributed by atoms with Crippen molar-refractivity contribution in [3.63, 3.8) is 0 Å². The first-order valence-corrected chi connectivity index (χ1v) is 5.43. The van der Waals surface area contributed by atoms with Gasteiger partial charge in [0.25, 0.3) is 0 Å². The molecular formula is C12H14N2O3. The van der Waals surface area contributed by atoms with E-state index >= 15 is 0 Å². The number of nitrogens with one attached hydrogen (secondary N) is 1. The second-order valence-corrected chi connectivity index (χ2v) is 3.89. The minimum Gasteiger partial charge on any atom is -0.464 e. The van der Waals surface area contributed by atoms with Crippen LogP contribution in [0.3, 0.4) is 0 Å². The quantitative estimate of drug-likeness (QED) is 0.611. The van der Waals surface area contributed by atoms with Gasteiger partial charge in [-0.2, -0.15) is 0 Å². The number of hydrogen-bond donors (Lipinski definition) is 1. The first-order valence-electron chi connectivity index (χ1n) is 5.43. The topological polar surface area (TPSA) is 60.3 Å². The number of aromatic nitrogens is 1. The molecule has 1 atom stereocenters. The molecule has 1 fully saturated rings. The van der Waals surface area contributed by atoms with E-state index in [2.05, 4.69) is 5.32 Å². The molecule has 2 heterocycles. The molecule has 1 amide bonds. The highest BCUT2D eigenvalue weighted by molar-refractivity contribution is 5.94. The van der Waals surface area contributed by atoms with Crippen LogP contribution in [-0.2, 0) is 21.4 Å². The van der Waals surface area contributed by atoms with Crippen molar-refractivity contribution in [2.75, 3.05) is 6.61 Å². The number of hydrogen-bond acceptors (Lipinski definition) is 3. The van der Waals surface area contributed by atoms with Crippen LogP contribution in [0, 0.1) is 0 Å². The number of nitrogens with zero attached hydrogens (tertiary/aromatic N) is 1. The first-order chi connectivity index (χ1) is 8.16. The third kappa shape index (κ3) is 2.75. The van der Waals surface area contributed by atoms with E-state index in [0.717, 1.165) is 5.69 Å². The van der Waals surface area contributed by atoms with Crippen molar-refractivity contribution in [3.05, 3.63) is 30.1 Å². The molecule has 0 radical (unpaired) electrons. The SMILES string of the molecule is Cn1cccc1/C=C/C(=O)N[C@H]1CCOC1=O. The van der Waals surface area contributed by atoms with E-state index in [1.165, 1.54) is 6.08 Å². The fourth-order valence-corrected chi connectivity index (χ4v) is 1.66. The Morgan fingerprint density at radius 1 is 1.65 bits per heavy atom. The Morgan fingerprint density at radius 3 is 3.06 bits per heavy atom. The maximum atomic E-state index is 11.5. The Morgan fingerprint density at radius 2 is 2.47 bits per heavy atom.